The Morgan fingerprint density at radius 2 is 1.93 bits per heavy atom. The standard InChI is InChI=1S/C25H32N2O2/c1-16(2)13-17-9-12-22(21(14-17)18-7-5-4-6-8-18)27-25(28)29-23-15-19-10-11-20(23)24(19)26-3/h4-9,12,14,16,19-20,23-24,26H,10-11,13,15H2,1-3H3,(H,27,28). The quantitative estimate of drug-likeness (QED) is 0.684. The van der Waals surface area contributed by atoms with Crippen LogP contribution < -0.4 is 10.6 Å². The van der Waals surface area contributed by atoms with E-state index in [1.165, 1.54) is 12.0 Å². The van der Waals surface area contributed by atoms with Gasteiger partial charge in [0.1, 0.15) is 6.10 Å². The molecule has 4 atom stereocenters. The van der Waals surface area contributed by atoms with E-state index < -0.39 is 0 Å². The first kappa shape index (κ1) is 20.0. The van der Waals surface area contributed by atoms with Crippen molar-refractivity contribution in [2.45, 2.75) is 51.7 Å². The van der Waals surface area contributed by atoms with Crippen LogP contribution in [0, 0.1) is 17.8 Å². The van der Waals surface area contributed by atoms with Gasteiger partial charge in [0.05, 0.1) is 5.69 Å². The van der Waals surface area contributed by atoms with Crippen molar-refractivity contribution in [1.29, 1.82) is 0 Å². The summed E-state index contributed by atoms with van der Waals surface area (Å²) in [6.45, 7) is 4.44. The molecule has 2 fully saturated rings. The molecule has 2 aliphatic rings. The fourth-order valence-electron chi connectivity index (χ4n) is 5.29. The molecule has 4 nitrogen and oxygen atoms in total. The molecular weight excluding hydrogens is 360 g/mol. The fraction of sp³-hybridized carbons (Fsp3) is 0.480. The number of hydrogen-bond acceptors (Lipinski definition) is 3. The van der Waals surface area contributed by atoms with Crippen LogP contribution in [0.15, 0.2) is 48.5 Å². The van der Waals surface area contributed by atoms with Gasteiger partial charge in [0.2, 0.25) is 0 Å². The van der Waals surface area contributed by atoms with Crippen molar-refractivity contribution < 1.29 is 9.53 Å². The van der Waals surface area contributed by atoms with Crippen molar-refractivity contribution in [1.82, 2.24) is 5.32 Å². The van der Waals surface area contributed by atoms with Crippen molar-refractivity contribution in [2.75, 3.05) is 12.4 Å². The minimum absolute atomic E-state index is 0.0200. The van der Waals surface area contributed by atoms with Crippen LogP contribution in [0.4, 0.5) is 10.5 Å². The van der Waals surface area contributed by atoms with Crippen molar-refractivity contribution in [3.8, 4) is 11.1 Å². The highest BCUT2D eigenvalue weighted by Crippen LogP contribution is 2.46. The van der Waals surface area contributed by atoms with Crippen LogP contribution >= 0.6 is 0 Å². The molecule has 2 aromatic carbocycles. The SMILES string of the molecule is CNC1C2CCC1C(OC(=O)Nc1ccc(CC(C)C)cc1-c1ccccc1)C2. The number of anilines is 1. The molecule has 4 unspecified atom stereocenters. The number of benzene rings is 2. The Morgan fingerprint density at radius 1 is 1.14 bits per heavy atom. The predicted octanol–water partition coefficient (Wildman–Crippen LogP) is 5.49. The summed E-state index contributed by atoms with van der Waals surface area (Å²) >= 11 is 0. The average molecular weight is 393 g/mol. The van der Waals surface area contributed by atoms with Gasteiger partial charge in [-0.05, 0) is 67.8 Å². The molecule has 29 heavy (non-hydrogen) atoms. The van der Waals surface area contributed by atoms with Gasteiger partial charge in [-0.1, -0.05) is 50.2 Å². The van der Waals surface area contributed by atoms with E-state index in [9.17, 15) is 4.79 Å². The van der Waals surface area contributed by atoms with Crippen LogP contribution in [0.3, 0.4) is 0 Å². The zero-order valence-electron chi connectivity index (χ0n) is 17.7. The lowest BCUT2D eigenvalue weighted by Gasteiger charge is -2.23. The number of fused-ring (bicyclic) bond motifs is 2. The molecule has 2 N–H and O–H groups in total. The van der Waals surface area contributed by atoms with E-state index in [-0.39, 0.29) is 12.2 Å². The van der Waals surface area contributed by atoms with E-state index in [0.29, 0.717) is 23.8 Å². The number of hydrogen-bond donors (Lipinski definition) is 2. The molecule has 1 amide bonds. The molecule has 2 saturated carbocycles. The van der Waals surface area contributed by atoms with Gasteiger partial charge in [0, 0.05) is 17.5 Å². The Bertz CT molecular complexity index is 849. The van der Waals surface area contributed by atoms with Gasteiger partial charge in [-0.25, -0.2) is 4.79 Å². The van der Waals surface area contributed by atoms with Crippen LogP contribution in [0.5, 0.6) is 0 Å². The van der Waals surface area contributed by atoms with Gasteiger partial charge in [0.15, 0.2) is 0 Å². The fourth-order valence-corrected chi connectivity index (χ4v) is 5.29. The molecule has 0 saturated heterocycles. The predicted molar refractivity (Wildman–Crippen MR) is 118 cm³/mol. The Morgan fingerprint density at radius 3 is 2.62 bits per heavy atom. The summed E-state index contributed by atoms with van der Waals surface area (Å²) in [5.74, 6) is 1.66. The summed E-state index contributed by atoms with van der Waals surface area (Å²) in [4.78, 5) is 12.7. The minimum atomic E-state index is -0.341. The second-order valence-electron chi connectivity index (χ2n) is 8.96. The highest BCUT2D eigenvalue weighted by molar-refractivity contribution is 5.91. The highest BCUT2D eigenvalue weighted by atomic mass is 16.6. The summed E-state index contributed by atoms with van der Waals surface area (Å²) < 4.78 is 5.88. The van der Waals surface area contributed by atoms with Crippen molar-refractivity contribution in [3.63, 3.8) is 0 Å². The normalized spacial score (nSPS) is 25.4. The van der Waals surface area contributed by atoms with Gasteiger partial charge in [-0.15, -0.1) is 0 Å². The second-order valence-corrected chi connectivity index (χ2v) is 8.96. The lowest BCUT2D eigenvalue weighted by atomic mass is 9.96. The van der Waals surface area contributed by atoms with Crippen LogP contribution in [-0.4, -0.2) is 25.3 Å². The summed E-state index contributed by atoms with van der Waals surface area (Å²) in [5.41, 5.74) is 4.23. The van der Waals surface area contributed by atoms with Crippen LogP contribution in [0.1, 0.15) is 38.7 Å². The molecule has 0 heterocycles. The molecule has 0 radical (unpaired) electrons. The third-order valence-electron chi connectivity index (χ3n) is 6.49. The molecule has 4 rings (SSSR count). The third-order valence-corrected chi connectivity index (χ3v) is 6.49. The molecule has 2 bridgehead atoms. The molecule has 2 aromatic rings. The third kappa shape index (κ3) is 4.32. The topological polar surface area (TPSA) is 50.4 Å². The van der Waals surface area contributed by atoms with E-state index in [4.69, 9.17) is 4.74 Å². The zero-order chi connectivity index (χ0) is 20.4. The Hall–Kier alpha value is -2.33. The van der Waals surface area contributed by atoms with Crippen LogP contribution in [-0.2, 0) is 11.2 Å². The number of amides is 1. The van der Waals surface area contributed by atoms with Crippen molar-refractivity contribution in [3.05, 3.63) is 54.1 Å². The number of rotatable bonds is 6. The van der Waals surface area contributed by atoms with Gasteiger partial charge in [-0.3, -0.25) is 5.32 Å². The molecule has 4 heteroatoms. The molecule has 154 valence electrons. The number of nitrogens with one attached hydrogen (secondary N) is 2. The first-order valence-corrected chi connectivity index (χ1v) is 10.9. The van der Waals surface area contributed by atoms with Gasteiger partial charge in [-0.2, -0.15) is 0 Å². The van der Waals surface area contributed by atoms with Crippen LogP contribution in [0.2, 0.25) is 0 Å². The average Bonchev–Trinajstić information content (AvgIpc) is 3.26. The first-order valence-electron chi connectivity index (χ1n) is 10.9. The van der Waals surface area contributed by atoms with E-state index in [2.05, 4.69) is 48.7 Å². The maximum atomic E-state index is 12.7. The number of ether oxygens (including phenoxy) is 1. The monoisotopic (exact) mass is 392 g/mol. The maximum Gasteiger partial charge on any atom is 0.411 e. The molecule has 0 aliphatic heterocycles. The lowest BCUT2D eigenvalue weighted by molar-refractivity contribution is 0.0734. The highest BCUT2D eigenvalue weighted by Gasteiger charge is 2.49. The maximum absolute atomic E-state index is 12.7. The molecule has 0 spiro atoms. The van der Waals surface area contributed by atoms with E-state index in [0.717, 1.165) is 36.1 Å². The molecular formula is C25H32N2O2. The van der Waals surface area contributed by atoms with Crippen LogP contribution in [0.25, 0.3) is 11.1 Å². The second kappa shape index (κ2) is 8.58. The van der Waals surface area contributed by atoms with E-state index in [1.807, 2.05) is 31.3 Å². The van der Waals surface area contributed by atoms with E-state index >= 15 is 0 Å². The Balaban J connectivity index is 1.51. The van der Waals surface area contributed by atoms with Gasteiger partial charge >= 0.3 is 6.09 Å². The summed E-state index contributed by atoms with van der Waals surface area (Å²) in [6, 6.07) is 17.0. The Kier molecular flexibility index (Phi) is 5.91. The molecule has 0 aromatic heterocycles. The number of carbonyl (C=O) groups excluding carboxylic acids is 1. The summed E-state index contributed by atoms with van der Waals surface area (Å²) in [7, 11) is 2.02. The van der Waals surface area contributed by atoms with Crippen molar-refractivity contribution in [2.24, 2.45) is 17.8 Å². The molecule has 2 aliphatic carbocycles. The van der Waals surface area contributed by atoms with Gasteiger partial charge < -0.3 is 10.1 Å². The summed E-state index contributed by atoms with van der Waals surface area (Å²) in [5, 5.41) is 6.45. The largest absolute Gasteiger partial charge is 0.446 e. The van der Waals surface area contributed by atoms with Crippen molar-refractivity contribution >= 4 is 11.8 Å². The zero-order valence-corrected chi connectivity index (χ0v) is 17.7. The Labute approximate surface area is 174 Å². The minimum Gasteiger partial charge on any atom is -0.446 e. The number of carbonyl (C=O) groups is 1. The van der Waals surface area contributed by atoms with Gasteiger partial charge in [0.25, 0.3) is 0 Å². The summed E-state index contributed by atoms with van der Waals surface area (Å²) in [6.07, 6.45) is 4.06. The van der Waals surface area contributed by atoms with E-state index in [1.54, 1.807) is 0 Å². The first-order chi connectivity index (χ1) is 14.0. The smallest absolute Gasteiger partial charge is 0.411 e. The lowest BCUT2D eigenvalue weighted by Crippen LogP contribution is -2.34.